The molecule has 3 rings (SSSR count). The van der Waals surface area contributed by atoms with Gasteiger partial charge in [0.05, 0.1) is 12.2 Å². The van der Waals surface area contributed by atoms with E-state index in [1.807, 2.05) is 0 Å². The normalized spacial score (nSPS) is 46.2. The lowest BCUT2D eigenvalue weighted by atomic mass is 9.81. The SMILES string of the molecule is C=C1CC(O)C2C(=C)C(O)OC2C2C(=C)C(=O)CC12. The van der Waals surface area contributed by atoms with Gasteiger partial charge in [0.1, 0.15) is 0 Å². The molecule has 2 saturated carbocycles. The third kappa shape index (κ3) is 1.67. The van der Waals surface area contributed by atoms with Crippen molar-refractivity contribution in [3.63, 3.8) is 0 Å². The summed E-state index contributed by atoms with van der Waals surface area (Å²) in [5.41, 5.74) is 1.88. The van der Waals surface area contributed by atoms with Crippen molar-refractivity contribution in [1.82, 2.24) is 0 Å². The third-order valence-corrected chi connectivity index (χ3v) is 4.75. The van der Waals surface area contributed by atoms with Gasteiger partial charge in [0, 0.05) is 18.3 Å². The molecule has 4 nitrogen and oxygen atoms in total. The van der Waals surface area contributed by atoms with Gasteiger partial charge in [0.2, 0.25) is 0 Å². The molecule has 1 aliphatic heterocycles. The summed E-state index contributed by atoms with van der Waals surface area (Å²) in [4.78, 5) is 11.9. The molecule has 0 aromatic carbocycles. The first kappa shape index (κ1) is 12.8. The topological polar surface area (TPSA) is 66.8 Å². The van der Waals surface area contributed by atoms with Gasteiger partial charge in [-0.3, -0.25) is 4.79 Å². The molecule has 6 atom stereocenters. The minimum atomic E-state index is -1.07. The molecule has 0 amide bonds. The fourth-order valence-electron chi connectivity index (χ4n) is 3.73. The van der Waals surface area contributed by atoms with E-state index in [0.717, 1.165) is 5.57 Å². The number of carbonyl (C=O) groups is 1. The summed E-state index contributed by atoms with van der Waals surface area (Å²) in [5.74, 6) is -0.565. The first-order valence-electron chi connectivity index (χ1n) is 6.51. The standard InChI is InChI=1S/C15H18O4/c1-6-4-11(17)13-8(3)15(18)19-14(13)12-7(2)10(16)5-9(6)12/h9,11-15,17-18H,1-5H2. The predicted molar refractivity (Wildman–Crippen MR) is 69.0 cm³/mol. The molecule has 0 radical (unpaired) electrons. The highest BCUT2D eigenvalue weighted by molar-refractivity contribution is 5.98. The van der Waals surface area contributed by atoms with Crippen LogP contribution in [0.1, 0.15) is 12.8 Å². The van der Waals surface area contributed by atoms with Crippen LogP contribution in [0.3, 0.4) is 0 Å². The lowest BCUT2D eigenvalue weighted by molar-refractivity contribution is -0.115. The van der Waals surface area contributed by atoms with Crippen LogP contribution >= 0.6 is 0 Å². The Morgan fingerprint density at radius 1 is 1.11 bits per heavy atom. The molecule has 6 unspecified atom stereocenters. The van der Waals surface area contributed by atoms with Crippen LogP contribution < -0.4 is 0 Å². The van der Waals surface area contributed by atoms with Gasteiger partial charge >= 0.3 is 0 Å². The number of hydrogen-bond acceptors (Lipinski definition) is 4. The Kier molecular flexibility index (Phi) is 2.78. The van der Waals surface area contributed by atoms with E-state index in [2.05, 4.69) is 19.7 Å². The Morgan fingerprint density at radius 2 is 1.79 bits per heavy atom. The van der Waals surface area contributed by atoms with Gasteiger partial charge in [-0.2, -0.15) is 0 Å². The van der Waals surface area contributed by atoms with Crippen LogP contribution in [0.5, 0.6) is 0 Å². The maximum Gasteiger partial charge on any atom is 0.177 e. The van der Waals surface area contributed by atoms with Crippen molar-refractivity contribution in [3.05, 3.63) is 36.5 Å². The van der Waals surface area contributed by atoms with E-state index in [1.165, 1.54) is 0 Å². The number of fused-ring (bicyclic) bond motifs is 3. The van der Waals surface area contributed by atoms with E-state index < -0.39 is 18.5 Å². The molecule has 0 aromatic rings. The molecule has 19 heavy (non-hydrogen) atoms. The highest BCUT2D eigenvalue weighted by atomic mass is 16.6. The summed E-state index contributed by atoms with van der Waals surface area (Å²) in [6.07, 6.45) is -1.38. The second-order valence-corrected chi connectivity index (χ2v) is 5.77. The monoisotopic (exact) mass is 262 g/mol. The maximum atomic E-state index is 11.9. The molecule has 0 spiro atoms. The average Bonchev–Trinajstić information content (AvgIpc) is 2.75. The lowest BCUT2D eigenvalue weighted by Gasteiger charge is -2.26. The van der Waals surface area contributed by atoms with Crippen LogP contribution in [-0.4, -0.2) is 34.5 Å². The van der Waals surface area contributed by atoms with Crippen LogP contribution in [0.4, 0.5) is 0 Å². The van der Waals surface area contributed by atoms with Crippen LogP contribution in [0.25, 0.3) is 0 Å². The van der Waals surface area contributed by atoms with Gasteiger partial charge in [-0.1, -0.05) is 25.3 Å². The third-order valence-electron chi connectivity index (χ3n) is 4.75. The number of aliphatic hydroxyl groups excluding tert-OH is 2. The van der Waals surface area contributed by atoms with Gasteiger partial charge < -0.3 is 14.9 Å². The summed E-state index contributed by atoms with van der Waals surface area (Å²) in [5, 5.41) is 20.1. The Hall–Kier alpha value is -1.23. The highest BCUT2D eigenvalue weighted by Crippen LogP contribution is 2.51. The van der Waals surface area contributed by atoms with Gasteiger partial charge in [-0.05, 0) is 23.5 Å². The van der Waals surface area contributed by atoms with Crippen molar-refractivity contribution < 1.29 is 19.7 Å². The number of Topliss-reactive ketones (excluding diaryl/α,β-unsaturated/α-hetero) is 1. The van der Waals surface area contributed by atoms with Crippen LogP contribution in [-0.2, 0) is 9.53 Å². The second-order valence-electron chi connectivity index (χ2n) is 5.77. The Balaban J connectivity index is 2.05. The van der Waals surface area contributed by atoms with Crippen LogP contribution in [0.15, 0.2) is 36.5 Å². The Bertz CT molecular complexity index is 492. The Morgan fingerprint density at radius 3 is 2.47 bits per heavy atom. The number of rotatable bonds is 0. The van der Waals surface area contributed by atoms with Crippen molar-refractivity contribution in [3.8, 4) is 0 Å². The van der Waals surface area contributed by atoms with E-state index in [4.69, 9.17) is 4.74 Å². The minimum Gasteiger partial charge on any atom is -0.392 e. The van der Waals surface area contributed by atoms with E-state index in [9.17, 15) is 15.0 Å². The summed E-state index contributed by atoms with van der Waals surface area (Å²) in [7, 11) is 0. The zero-order valence-electron chi connectivity index (χ0n) is 10.7. The second kappa shape index (κ2) is 4.13. The molecule has 2 N–H and O–H groups in total. The Labute approximate surface area is 112 Å². The summed E-state index contributed by atoms with van der Waals surface area (Å²) < 4.78 is 5.55. The molecule has 102 valence electrons. The number of hydrogen-bond donors (Lipinski definition) is 2. The minimum absolute atomic E-state index is 0.0295. The molecule has 3 fully saturated rings. The van der Waals surface area contributed by atoms with Crippen molar-refractivity contribution in [2.45, 2.75) is 31.3 Å². The summed E-state index contributed by atoms with van der Waals surface area (Å²) in [6.45, 7) is 11.7. The summed E-state index contributed by atoms with van der Waals surface area (Å²) in [6, 6.07) is 0. The predicted octanol–water partition coefficient (Wildman–Crippen LogP) is 0.958. The van der Waals surface area contributed by atoms with Crippen molar-refractivity contribution >= 4 is 5.78 Å². The van der Waals surface area contributed by atoms with Crippen molar-refractivity contribution in [1.29, 1.82) is 0 Å². The van der Waals surface area contributed by atoms with Crippen LogP contribution in [0.2, 0.25) is 0 Å². The quantitative estimate of drug-likeness (QED) is 0.504. The van der Waals surface area contributed by atoms with E-state index in [0.29, 0.717) is 24.0 Å². The number of aliphatic hydroxyl groups is 2. The summed E-state index contributed by atoms with van der Waals surface area (Å²) >= 11 is 0. The van der Waals surface area contributed by atoms with Gasteiger partial charge in [0.25, 0.3) is 0 Å². The lowest BCUT2D eigenvalue weighted by Crippen LogP contribution is -2.33. The fourth-order valence-corrected chi connectivity index (χ4v) is 3.73. The van der Waals surface area contributed by atoms with Crippen molar-refractivity contribution in [2.75, 3.05) is 0 Å². The molecule has 1 saturated heterocycles. The van der Waals surface area contributed by atoms with Gasteiger partial charge in [0.15, 0.2) is 12.1 Å². The smallest absolute Gasteiger partial charge is 0.177 e. The molecular formula is C15H18O4. The first-order valence-corrected chi connectivity index (χ1v) is 6.51. The largest absolute Gasteiger partial charge is 0.392 e. The molecule has 1 heterocycles. The number of ether oxygens (including phenoxy) is 1. The molecular weight excluding hydrogens is 244 g/mol. The molecule has 0 bridgehead atoms. The first-order chi connectivity index (χ1) is 8.91. The van der Waals surface area contributed by atoms with E-state index in [1.54, 1.807) is 0 Å². The maximum absolute atomic E-state index is 11.9. The van der Waals surface area contributed by atoms with Crippen molar-refractivity contribution in [2.24, 2.45) is 17.8 Å². The van der Waals surface area contributed by atoms with Crippen LogP contribution in [0, 0.1) is 17.8 Å². The zero-order chi connectivity index (χ0) is 13.9. The van der Waals surface area contributed by atoms with E-state index >= 15 is 0 Å². The van der Waals surface area contributed by atoms with Gasteiger partial charge in [-0.25, -0.2) is 0 Å². The van der Waals surface area contributed by atoms with Gasteiger partial charge in [-0.15, -0.1) is 0 Å². The highest BCUT2D eigenvalue weighted by Gasteiger charge is 2.54. The van der Waals surface area contributed by atoms with E-state index in [-0.39, 0.29) is 23.5 Å². The molecule has 3 aliphatic rings. The molecule has 4 heteroatoms. The zero-order valence-corrected chi connectivity index (χ0v) is 10.7. The average molecular weight is 262 g/mol. The fraction of sp³-hybridized carbons (Fsp3) is 0.533. The number of carbonyl (C=O) groups excluding carboxylic acids is 1. The molecule has 2 aliphatic carbocycles. The molecule has 0 aromatic heterocycles. The number of ketones is 1.